The van der Waals surface area contributed by atoms with Crippen molar-refractivity contribution in [1.82, 2.24) is 13.9 Å². The van der Waals surface area contributed by atoms with Crippen LogP contribution in [0.3, 0.4) is 0 Å². The molecule has 2 aliphatic rings. The van der Waals surface area contributed by atoms with E-state index < -0.39 is 10.2 Å². The summed E-state index contributed by atoms with van der Waals surface area (Å²) in [6.07, 6.45) is 7.93. The Balaban J connectivity index is 1.82. The Kier molecular flexibility index (Phi) is 6.05. The first kappa shape index (κ1) is 17.2. The lowest BCUT2D eigenvalue weighted by Gasteiger charge is -2.37. The van der Waals surface area contributed by atoms with Gasteiger partial charge in [0.1, 0.15) is 0 Å². The van der Waals surface area contributed by atoms with Crippen LogP contribution in [-0.4, -0.2) is 56.3 Å². The fourth-order valence-corrected chi connectivity index (χ4v) is 4.69. The van der Waals surface area contributed by atoms with Crippen molar-refractivity contribution in [3.05, 3.63) is 0 Å². The summed E-state index contributed by atoms with van der Waals surface area (Å²) in [7, 11) is 0.138. The molecule has 0 saturated heterocycles. The zero-order chi connectivity index (χ0) is 15.5. The second-order valence-corrected chi connectivity index (χ2v) is 8.85. The molecule has 2 aliphatic carbocycles. The fraction of sp³-hybridized carbons (Fsp3) is 1.00. The highest BCUT2D eigenvalue weighted by atomic mass is 32.2. The van der Waals surface area contributed by atoms with Crippen LogP contribution in [0.15, 0.2) is 0 Å². The van der Waals surface area contributed by atoms with Crippen LogP contribution in [-0.2, 0) is 10.2 Å². The Morgan fingerprint density at radius 2 is 1.76 bits per heavy atom. The normalized spacial score (nSPS) is 27.5. The minimum atomic E-state index is -3.32. The molecule has 5 nitrogen and oxygen atoms in total. The molecule has 124 valence electrons. The summed E-state index contributed by atoms with van der Waals surface area (Å²) in [6, 6.07) is 0.855. The van der Waals surface area contributed by atoms with E-state index in [0.717, 1.165) is 32.2 Å². The first-order valence-corrected chi connectivity index (χ1v) is 9.75. The van der Waals surface area contributed by atoms with Gasteiger partial charge < -0.3 is 5.32 Å². The van der Waals surface area contributed by atoms with Crippen LogP contribution in [0.2, 0.25) is 0 Å². The molecule has 2 fully saturated rings. The molecule has 0 bridgehead atoms. The second-order valence-electron chi connectivity index (χ2n) is 6.76. The fourth-order valence-electron chi connectivity index (χ4n) is 3.24. The van der Waals surface area contributed by atoms with Gasteiger partial charge in [-0.2, -0.15) is 17.0 Å². The van der Waals surface area contributed by atoms with E-state index in [0.29, 0.717) is 18.5 Å². The lowest BCUT2D eigenvalue weighted by Crippen LogP contribution is -2.48. The van der Waals surface area contributed by atoms with Crippen LogP contribution in [0, 0.1) is 5.92 Å². The van der Waals surface area contributed by atoms with Crippen LogP contribution in [0.1, 0.15) is 51.9 Å². The smallest absolute Gasteiger partial charge is 0.281 e. The molecule has 0 amide bonds. The van der Waals surface area contributed by atoms with Gasteiger partial charge in [0.25, 0.3) is 10.2 Å². The summed E-state index contributed by atoms with van der Waals surface area (Å²) < 4.78 is 28.4. The summed E-state index contributed by atoms with van der Waals surface area (Å²) >= 11 is 0. The molecule has 0 aromatic rings. The monoisotopic (exact) mass is 317 g/mol. The molecule has 0 radical (unpaired) electrons. The summed E-state index contributed by atoms with van der Waals surface area (Å²) in [5, 5.41) is 3.43. The van der Waals surface area contributed by atoms with Gasteiger partial charge in [0, 0.05) is 32.7 Å². The van der Waals surface area contributed by atoms with E-state index in [-0.39, 0.29) is 6.04 Å². The predicted octanol–water partition coefficient (Wildman–Crippen LogP) is 1.82. The van der Waals surface area contributed by atoms with Crippen molar-refractivity contribution >= 4 is 10.2 Å². The predicted molar refractivity (Wildman–Crippen MR) is 86.4 cm³/mol. The molecular weight excluding hydrogens is 286 g/mol. The number of rotatable bonds is 8. The third kappa shape index (κ3) is 4.65. The van der Waals surface area contributed by atoms with Crippen molar-refractivity contribution in [3.8, 4) is 0 Å². The molecule has 2 atom stereocenters. The van der Waals surface area contributed by atoms with Crippen LogP contribution in [0.4, 0.5) is 0 Å². The van der Waals surface area contributed by atoms with E-state index in [9.17, 15) is 8.42 Å². The molecule has 6 heteroatoms. The Bertz CT molecular complexity index is 423. The number of nitrogens with one attached hydrogen (secondary N) is 1. The van der Waals surface area contributed by atoms with Crippen molar-refractivity contribution in [2.75, 3.05) is 27.2 Å². The highest BCUT2D eigenvalue weighted by molar-refractivity contribution is 7.86. The van der Waals surface area contributed by atoms with E-state index in [1.807, 2.05) is 0 Å². The standard InChI is InChI=1S/C15H31N3O2S/c1-13-7-4-5-8-15(13)18(3)21(19,20)17(2)12-6-11-16-14-9-10-14/h13-16H,4-12H2,1-3H3. The Morgan fingerprint density at radius 3 is 2.38 bits per heavy atom. The zero-order valence-corrected chi connectivity index (χ0v) is 14.5. The van der Waals surface area contributed by atoms with Gasteiger partial charge in [-0.05, 0) is 44.6 Å². The van der Waals surface area contributed by atoms with Crippen molar-refractivity contribution in [2.24, 2.45) is 5.92 Å². The third-order valence-electron chi connectivity index (χ3n) is 4.95. The molecule has 0 aromatic carbocycles. The van der Waals surface area contributed by atoms with Gasteiger partial charge in [0.15, 0.2) is 0 Å². The van der Waals surface area contributed by atoms with Gasteiger partial charge in [-0.15, -0.1) is 0 Å². The topological polar surface area (TPSA) is 52.7 Å². The molecular formula is C15H31N3O2S. The zero-order valence-electron chi connectivity index (χ0n) is 13.7. The highest BCUT2D eigenvalue weighted by Gasteiger charge is 2.34. The first-order chi connectivity index (χ1) is 9.93. The van der Waals surface area contributed by atoms with E-state index in [1.165, 1.54) is 23.6 Å². The molecule has 0 heterocycles. The lowest BCUT2D eigenvalue weighted by atomic mass is 9.86. The average molecular weight is 317 g/mol. The summed E-state index contributed by atoms with van der Waals surface area (Å²) in [6.45, 7) is 3.68. The lowest BCUT2D eigenvalue weighted by molar-refractivity contribution is 0.204. The van der Waals surface area contributed by atoms with E-state index in [2.05, 4.69) is 12.2 Å². The van der Waals surface area contributed by atoms with Crippen molar-refractivity contribution in [2.45, 2.75) is 64.0 Å². The molecule has 0 aromatic heterocycles. The van der Waals surface area contributed by atoms with Crippen LogP contribution in [0.5, 0.6) is 0 Å². The molecule has 2 unspecified atom stereocenters. The van der Waals surface area contributed by atoms with E-state index >= 15 is 0 Å². The molecule has 21 heavy (non-hydrogen) atoms. The number of nitrogens with zero attached hydrogens (tertiary/aromatic N) is 2. The van der Waals surface area contributed by atoms with Gasteiger partial charge in [-0.25, -0.2) is 0 Å². The molecule has 1 N–H and O–H groups in total. The maximum Gasteiger partial charge on any atom is 0.281 e. The van der Waals surface area contributed by atoms with Crippen molar-refractivity contribution in [1.29, 1.82) is 0 Å². The maximum absolute atomic E-state index is 12.6. The van der Waals surface area contributed by atoms with Crippen LogP contribution < -0.4 is 5.32 Å². The third-order valence-corrected chi connectivity index (χ3v) is 6.92. The molecule has 0 spiro atoms. The van der Waals surface area contributed by atoms with Gasteiger partial charge in [-0.3, -0.25) is 0 Å². The average Bonchev–Trinajstić information content (AvgIpc) is 3.27. The number of hydrogen-bond donors (Lipinski definition) is 1. The van der Waals surface area contributed by atoms with Crippen LogP contribution in [0.25, 0.3) is 0 Å². The quantitative estimate of drug-likeness (QED) is 0.695. The van der Waals surface area contributed by atoms with Gasteiger partial charge in [-0.1, -0.05) is 19.8 Å². The van der Waals surface area contributed by atoms with Crippen LogP contribution >= 0.6 is 0 Å². The van der Waals surface area contributed by atoms with E-state index in [4.69, 9.17) is 0 Å². The highest BCUT2D eigenvalue weighted by Crippen LogP contribution is 2.29. The molecule has 2 saturated carbocycles. The molecule has 0 aliphatic heterocycles. The second kappa shape index (κ2) is 7.40. The minimum absolute atomic E-state index is 0.163. The summed E-state index contributed by atoms with van der Waals surface area (Å²) in [5.74, 6) is 0.462. The maximum atomic E-state index is 12.6. The minimum Gasteiger partial charge on any atom is -0.314 e. The Labute approximate surface area is 130 Å². The molecule has 2 rings (SSSR count). The van der Waals surface area contributed by atoms with Gasteiger partial charge >= 0.3 is 0 Å². The Morgan fingerprint density at radius 1 is 1.10 bits per heavy atom. The van der Waals surface area contributed by atoms with Crippen molar-refractivity contribution in [3.63, 3.8) is 0 Å². The summed E-state index contributed by atoms with van der Waals surface area (Å²) in [4.78, 5) is 0. The largest absolute Gasteiger partial charge is 0.314 e. The van der Waals surface area contributed by atoms with Gasteiger partial charge in [0.05, 0.1) is 0 Å². The SMILES string of the molecule is CC1CCCCC1N(C)S(=O)(=O)N(C)CCCNC1CC1. The van der Waals surface area contributed by atoms with Gasteiger partial charge in [0.2, 0.25) is 0 Å². The first-order valence-electron chi connectivity index (χ1n) is 8.35. The summed E-state index contributed by atoms with van der Waals surface area (Å²) in [5.41, 5.74) is 0. The Hall–Kier alpha value is -0.170. The van der Waals surface area contributed by atoms with Crippen molar-refractivity contribution < 1.29 is 8.42 Å². The van der Waals surface area contributed by atoms with E-state index in [1.54, 1.807) is 18.4 Å². The number of hydrogen-bond acceptors (Lipinski definition) is 3.